The van der Waals surface area contributed by atoms with E-state index in [9.17, 15) is 5.11 Å². The maximum absolute atomic E-state index is 9.61. The number of aliphatic hydroxyl groups is 2. The third kappa shape index (κ3) is 5.51. The third-order valence-electron chi connectivity index (χ3n) is 5.73. The van der Waals surface area contributed by atoms with Gasteiger partial charge in [-0.25, -0.2) is 4.98 Å². The highest BCUT2D eigenvalue weighted by Crippen LogP contribution is 2.32. The number of rotatable bonds is 10. The predicted octanol–water partition coefficient (Wildman–Crippen LogP) is 3.81. The summed E-state index contributed by atoms with van der Waals surface area (Å²) in [6.07, 6.45) is 2.44. The summed E-state index contributed by atoms with van der Waals surface area (Å²) in [6, 6.07) is 6.31. The van der Waals surface area contributed by atoms with Gasteiger partial charge in [-0.05, 0) is 68.5 Å². The van der Waals surface area contributed by atoms with Crippen molar-refractivity contribution in [1.29, 1.82) is 0 Å². The van der Waals surface area contributed by atoms with Gasteiger partial charge in [0.05, 0.1) is 12.2 Å². The molecule has 1 unspecified atom stereocenters. The molecule has 2 heterocycles. The summed E-state index contributed by atoms with van der Waals surface area (Å²) in [7, 11) is 2.04. The van der Waals surface area contributed by atoms with Crippen LogP contribution in [-0.2, 0) is 12.8 Å². The van der Waals surface area contributed by atoms with E-state index >= 15 is 0 Å². The van der Waals surface area contributed by atoms with E-state index in [0.29, 0.717) is 23.5 Å². The maximum atomic E-state index is 9.61. The summed E-state index contributed by atoms with van der Waals surface area (Å²) in [5, 5.41) is 22.8. The summed E-state index contributed by atoms with van der Waals surface area (Å²) in [5.74, 6) is 2.58. The molecule has 8 heteroatoms. The van der Waals surface area contributed by atoms with Crippen LogP contribution in [0, 0.1) is 6.92 Å². The molecule has 0 aliphatic rings. The molecular formula is C25H34N4O4. The van der Waals surface area contributed by atoms with Crippen LogP contribution in [0.1, 0.15) is 44.4 Å². The summed E-state index contributed by atoms with van der Waals surface area (Å²) in [4.78, 5) is 11.4. The van der Waals surface area contributed by atoms with Crippen molar-refractivity contribution in [1.82, 2.24) is 15.1 Å². The fraction of sp³-hybridized carbons (Fsp3) is 0.480. The number of hydrogen-bond acceptors (Lipinski definition) is 8. The number of pyridine rings is 1. The maximum Gasteiger partial charge on any atom is 0.259 e. The molecule has 1 aromatic carbocycles. The monoisotopic (exact) mass is 454 g/mol. The van der Waals surface area contributed by atoms with Crippen molar-refractivity contribution in [3.63, 3.8) is 0 Å². The Morgan fingerprint density at radius 2 is 1.79 bits per heavy atom. The second kappa shape index (κ2) is 10.8. The van der Waals surface area contributed by atoms with E-state index in [4.69, 9.17) is 14.4 Å². The van der Waals surface area contributed by atoms with Crippen LogP contribution in [0.5, 0.6) is 5.75 Å². The average molecular weight is 455 g/mol. The van der Waals surface area contributed by atoms with Crippen molar-refractivity contribution in [2.45, 2.75) is 59.6 Å². The highest BCUT2D eigenvalue weighted by molar-refractivity contribution is 5.65. The first-order valence-electron chi connectivity index (χ1n) is 11.4. The van der Waals surface area contributed by atoms with E-state index in [1.165, 1.54) is 0 Å². The van der Waals surface area contributed by atoms with Gasteiger partial charge < -0.3 is 24.4 Å². The van der Waals surface area contributed by atoms with Gasteiger partial charge in [0.2, 0.25) is 5.82 Å². The van der Waals surface area contributed by atoms with Crippen molar-refractivity contribution in [3.8, 4) is 28.6 Å². The largest absolute Gasteiger partial charge is 0.490 e. The zero-order valence-corrected chi connectivity index (χ0v) is 20.3. The third-order valence-corrected chi connectivity index (χ3v) is 5.73. The van der Waals surface area contributed by atoms with Gasteiger partial charge in [0.25, 0.3) is 5.89 Å². The van der Waals surface area contributed by atoms with Gasteiger partial charge in [0.15, 0.2) is 0 Å². The zero-order chi connectivity index (χ0) is 24.1. The van der Waals surface area contributed by atoms with Crippen LogP contribution < -0.4 is 9.64 Å². The minimum Gasteiger partial charge on any atom is -0.490 e. The fourth-order valence-electron chi connectivity index (χ4n) is 3.58. The molecule has 0 aliphatic carbocycles. The number of aryl methyl sites for hydroxylation is 3. The first-order chi connectivity index (χ1) is 15.8. The summed E-state index contributed by atoms with van der Waals surface area (Å²) in [6.45, 7) is 10.0. The summed E-state index contributed by atoms with van der Waals surface area (Å²) < 4.78 is 11.3. The molecule has 0 fully saturated rings. The van der Waals surface area contributed by atoms with Crippen LogP contribution in [0.25, 0.3) is 22.8 Å². The molecule has 2 aromatic heterocycles. The molecule has 0 saturated carbocycles. The lowest BCUT2D eigenvalue weighted by atomic mass is 10.0. The van der Waals surface area contributed by atoms with Gasteiger partial charge in [-0.15, -0.1) is 0 Å². The Morgan fingerprint density at radius 1 is 1.09 bits per heavy atom. The molecule has 8 nitrogen and oxygen atoms in total. The molecule has 3 rings (SSSR count). The predicted molar refractivity (Wildman–Crippen MR) is 129 cm³/mol. The second-order valence-corrected chi connectivity index (χ2v) is 8.47. The quantitative estimate of drug-likeness (QED) is 0.477. The van der Waals surface area contributed by atoms with Crippen LogP contribution in [-0.4, -0.2) is 57.7 Å². The minimum absolute atomic E-state index is 0.0325. The molecule has 2 N–H and O–H groups in total. The number of aliphatic hydroxyl groups excluding tert-OH is 2. The highest BCUT2D eigenvalue weighted by Gasteiger charge is 2.18. The molecule has 178 valence electrons. The van der Waals surface area contributed by atoms with Gasteiger partial charge in [0, 0.05) is 24.8 Å². The highest BCUT2D eigenvalue weighted by atomic mass is 16.5. The van der Waals surface area contributed by atoms with Crippen LogP contribution in [0.4, 0.5) is 5.82 Å². The number of ether oxygens (including phenoxy) is 1. The molecule has 0 spiro atoms. The van der Waals surface area contributed by atoms with Crippen molar-refractivity contribution >= 4 is 5.82 Å². The Kier molecular flexibility index (Phi) is 8.05. The Bertz CT molecular complexity index is 1080. The molecule has 1 atom stereocenters. The van der Waals surface area contributed by atoms with Gasteiger partial charge in [-0.3, -0.25) is 0 Å². The molecule has 0 amide bonds. The van der Waals surface area contributed by atoms with E-state index in [-0.39, 0.29) is 13.2 Å². The second-order valence-electron chi connectivity index (χ2n) is 8.47. The Labute approximate surface area is 195 Å². The number of nitrogens with zero attached hydrogens (tertiary/aromatic N) is 4. The lowest BCUT2D eigenvalue weighted by Gasteiger charge is -2.25. The SMILES string of the molecule is CCc1cc(-c2nc(-c3cc(C)c(OCC(O)CO)c(CC)c3)no2)cnc1N(C)C(C)C. The van der Waals surface area contributed by atoms with E-state index in [1.807, 2.05) is 33.0 Å². The van der Waals surface area contributed by atoms with Crippen LogP contribution in [0.2, 0.25) is 0 Å². The number of hydrogen-bond donors (Lipinski definition) is 2. The van der Waals surface area contributed by atoms with E-state index in [0.717, 1.165) is 46.5 Å². The normalized spacial score (nSPS) is 12.3. The fourth-order valence-corrected chi connectivity index (χ4v) is 3.58. The number of anilines is 1. The van der Waals surface area contributed by atoms with Crippen LogP contribution in [0.15, 0.2) is 28.9 Å². The summed E-state index contributed by atoms with van der Waals surface area (Å²) in [5.41, 5.74) is 4.61. The van der Waals surface area contributed by atoms with Gasteiger partial charge in [-0.2, -0.15) is 4.98 Å². The Morgan fingerprint density at radius 3 is 2.42 bits per heavy atom. The molecule has 0 radical (unpaired) electrons. The minimum atomic E-state index is -0.915. The molecule has 0 saturated heterocycles. The summed E-state index contributed by atoms with van der Waals surface area (Å²) >= 11 is 0. The average Bonchev–Trinajstić information content (AvgIpc) is 3.32. The molecular weight excluding hydrogens is 420 g/mol. The van der Waals surface area contributed by atoms with Crippen LogP contribution in [0.3, 0.4) is 0 Å². The van der Waals surface area contributed by atoms with E-state index in [2.05, 4.69) is 46.9 Å². The van der Waals surface area contributed by atoms with Crippen molar-refractivity contribution < 1.29 is 19.5 Å². The molecule has 3 aromatic rings. The van der Waals surface area contributed by atoms with Gasteiger partial charge in [-0.1, -0.05) is 19.0 Å². The Hall–Kier alpha value is -2.97. The number of aromatic nitrogens is 3. The molecule has 0 aliphatic heterocycles. The van der Waals surface area contributed by atoms with Gasteiger partial charge >= 0.3 is 0 Å². The standard InChI is InChI=1S/C25H34N4O4/c1-7-17-10-19(9-16(5)22(17)32-14-21(31)13-30)23-27-25(33-28-23)20-11-18(8-2)24(26-12-20)29(6)15(3)4/h9-12,15,21,30-31H,7-8,13-14H2,1-6H3. The Balaban J connectivity index is 1.90. The number of benzene rings is 1. The van der Waals surface area contributed by atoms with Crippen molar-refractivity contribution in [2.75, 3.05) is 25.2 Å². The smallest absolute Gasteiger partial charge is 0.259 e. The van der Waals surface area contributed by atoms with Crippen LogP contribution >= 0.6 is 0 Å². The lowest BCUT2D eigenvalue weighted by molar-refractivity contribution is 0.0531. The van der Waals surface area contributed by atoms with Crippen molar-refractivity contribution in [3.05, 3.63) is 41.1 Å². The molecule has 0 bridgehead atoms. The van der Waals surface area contributed by atoms with E-state index < -0.39 is 6.10 Å². The van der Waals surface area contributed by atoms with Gasteiger partial charge in [0.1, 0.15) is 24.3 Å². The topological polar surface area (TPSA) is 105 Å². The molecule has 33 heavy (non-hydrogen) atoms. The van der Waals surface area contributed by atoms with E-state index in [1.54, 1.807) is 6.20 Å². The van der Waals surface area contributed by atoms with Crippen molar-refractivity contribution in [2.24, 2.45) is 0 Å². The first kappa shape index (κ1) is 24.7. The lowest BCUT2D eigenvalue weighted by Crippen LogP contribution is -2.27. The zero-order valence-electron chi connectivity index (χ0n) is 20.3. The first-order valence-corrected chi connectivity index (χ1v) is 11.4.